The van der Waals surface area contributed by atoms with Crippen molar-refractivity contribution in [2.24, 2.45) is 0 Å². The molecule has 0 radical (unpaired) electrons. The van der Waals surface area contributed by atoms with Gasteiger partial charge < -0.3 is 0 Å². The predicted octanol–water partition coefficient (Wildman–Crippen LogP) is 6.74. The van der Waals surface area contributed by atoms with Crippen LogP contribution in [0.1, 0.15) is 10.4 Å². The summed E-state index contributed by atoms with van der Waals surface area (Å²) in [5.41, 5.74) is 2.98. The molecule has 162 valence electrons. The highest BCUT2D eigenvalue weighted by Gasteiger charge is 2.19. The molecule has 0 atom stereocenters. The SMILES string of the molecule is O=C(CSc1nc2scc(-c3ccccc3)c2c(=O)n1-c1ccccc1)c1ccc(Cl)cc1. The second-order valence-corrected chi connectivity index (χ2v) is 9.52. The fourth-order valence-electron chi connectivity index (χ4n) is 3.55. The summed E-state index contributed by atoms with van der Waals surface area (Å²) in [5, 5.41) is 3.62. The van der Waals surface area contributed by atoms with Crippen LogP contribution in [0.5, 0.6) is 0 Å². The molecule has 0 saturated heterocycles. The van der Waals surface area contributed by atoms with Gasteiger partial charge in [-0.2, -0.15) is 0 Å². The van der Waals surface area contributed by atoms with E-state index < -0.39 is 0 Å². The van der Waals surface area contributed by atoms with Crippen LogP contribution in [-0.4, -0.2) is 21.1 Å². The summed E-state index contributed by atoms with van der Waals surface area (Å²) in [7, 11) is 0. The fraction of sp³-hybridized carbons (Fsp3) is 0.0385. The third kappa shape index (κ3) is 4.37. The third-order valence-electron chi connectivity index (χ3n) is 5.17. The van der Waals surface area contributed by atoms with Gasteiger partial charge in [-0.1, -0.05) is 71.9 Å². The van der Waals surface area contributed by atoms with E-state index in [1.165, 1.54) is 23.1 Å². The van der Waals surface area contributed by atoms with Crippen molar-refractivity contribution in [1.29, 1.82) is 0 Å². The number of nitrogens with zero attached hydrogens (tertiary/aromatic N) is 2. The first-order valence-electron chi connectivity index (χ1n) is 10.2. The van der Waals surface area contributed by atoms with Gasteiger partial charge in [-0.15, -0.1) is 11.3 Å². The van der Waals surface area contributed by atoms with Crippen molar-refractivity contribution in [1.82, 2.24) is 9.55 Å². The lowest BCUT2D eigenvalue weighted by atomic mass is 10.1. The lowest BCUT2D eigenvalue weighted by Crippen LogP contribution is -2.22. The number of benzene rings is 3. The quantitative estimate of drug-likeness (QED) is 0.151. The Bertz CT molecular complexity index is 1500. The Morgan fingerprint density at radius 1 is 0.939 bits per heavy atom. The Morgan fingerprint density at radius 2 is 1.61 bits per heavy atom. The van der Waals surface area contributed by atoms with E-state index in [2.05, 4.69) is 0 Å². The minimum Gasteiger partial charge on any atom is -0.293 e. The first-order chi connectivity index (χ1) is 16.1. The fourth-order valence-corrected chi connectivity index (χ4v) is 5.57. The van der Waals surface area contributed by atoms with E-state index in [0.29, 0.717) is 31.6 Å². The number of carbonyl (C=O) groups is 1. The Balaban J connectivity index is 1.60. The normalized spacial score (nSPS) is 11.1. The number of ketones is 1. The number of Topliss-reactive ketones (excluding diaryl/α,β-unsaturated/α-hetero) is 1. The molecule has 0 amide bonds. The van der Waals surface area contributed by atoms with Crippen LogP contribution in [0.2, 0.25) is 5.02 Å². The minimum atomic E-state index is -0.146. The van der Waals surface area contributed by atoms with Crippen molar-refractivity contribution in [3.05, 3.63) is 111 Å². The standard InChI is InChI=1S/C26H17ClN2O2S2/c27-19-13-11-18(12-14-19)22(30)16-33-26-28-24-23(21(15-32-24)17-7-3-1-4-8-17)25(31)29(26)20-9-5-2-6-10-20/h1-15H,16H2. The van der Waals surface area contributed by atoms with E-state index in [9.17, 15) is 9.59 Å². The minimum absolute atomic E-state index is 0.0539. The molecular weight excluding hydrogens is 472 g/mol. The highest BCUT2D eigenvalue weighted by molar-refractivity contribution is 7.99. The Labute approximate surface area is 203 Å². The molecule has 0 fully saturated rings. The van der Waals surface area contributed by atoms with Gasteiger partial charge in [0.05, 0.1) is 16.8 Å². The molecule has 0 aliphatic rings. The molecule has 4 nitrogen and oxygen atoms in total. The molecule has 0 bridgehead atoms. The summed E-state index contributed by atoms with van der Waals surface area (Å²) in [6.45, 7) is 0. The third-order valence-corrected chi connectivity index (χ3v) is 7.24. The van der Waals surface area contributed by atoms with Crippen molar-refractivity contribution in [2.75, 3.05) is 5.75 Å². The van der Waals surface area contributed by atoms with Crippen molar-refractivity contribution in [2.45, 2.75) is 5.16 Å². The van der Waals surface area contributed by atoms with Gasteiger partial charge in [0, 0.05) is 21.5 Å². The molecule has 7 heteroatoms. The van der Waals surface area contributed by atoms with E-state index in [1.54, 1.807) is 28.8 Å². The Hall–Kier alpha value is -3.19. The summed E-state index contributed by atoms with van der Waals surface area (Å²) in [6.07, 6.45) is 0. The van der Waals surface area contributed by atoms with Crippen molar-refractivity contribution < 1.29 is 4.79 Å². The maximum Gasteiger partial charge on any atom is 0.268 e. The van der Waals surface area contributed by atoms with Crippen molar-refractivity contribution >= 4 is 50.7 Å². The van der Waals surface area contributed by atoms with E-state index in [0.717, 1.165) is 11.1 Å². The highest BCUT2D eigenvalue weighted by atomic mass is 35.5. The summed E-state index contributed by atoms with van der Waals surface area (Å²) in [4.78, 5) is 32.0. The van der Waals surface area contributed by atoms with E-state index in [-0.39, 0.29) is 17.1 Å². The molecule has 0 spiro atoms. The maximum absolute atomic E-state index is 13.8. The number of aromatic nitrogens is 2. The van der Waals surface area contributed by atoms with Crippen molar-refractivity contribution in [3.8, 4) is 16.8 Å². The monoisotopic (exact) mass is 488 g/mol. The maximum atomic E-state index is 13.8. The number of hydrogen-bond acceptors (Lipinski definition) is 5. The first-order valence-corrected chi connectivity index (χ1v) is 12.4. The van der Waals surface area contributed by atoms with Gasteiger partial charge >= 0.3 is 0 Å². The molecular formula is C26H17ClN2O2S2. The number of thiophene rings is 1. The van der Waals surface area contributed by atoms with Crippen molar-refractivity contribution in [3.63, 3.8) is 0 Å². The number of rotatable bonds is 6. The number of para-hydroxylation sites is 1. The van der Waals surface area contributed by atoms with Gasteiger partial charge in [0.2, 0.25) is 0 Å². The molecule has 0 unspecified atom stereocenters. The lowest BCUT2D eigenvalue weighted by molar-refractivity contribution is 0.102. The zero-order valence-electron chi connectivity index (χ0n) is 17.3. The number of fused-ring (bicyclic) bond motifs is 1. The molecule has 0 saturated carbocycles. The van der Waals surface area contributed by atoms with Gasteiger partial charge in [-0.25, -0.2) is 4.98 Å². The summed E-state index contributed by atoms with van der Waals surface area (Å²) < 4.78 is 1.60. The van der Waals surface area contributed by atoms with E-state index in [1.807, 2.05) is 66.0 Å². The van der Waals surface area contributed by atoms with Crippen LogP contribution in [0.25, 0.3) is 27.0 Å². The van der Waals surface area contributed by atoms with Crippen LogP contribution in [-0.2, 0) is 0 Å². The lowest BCUT2D eigenvalue weighted by Gasteiger charge is -2.12. The van der Waals surface area contributed by atoms with Gasteiger partial charge in [-0.3, -0.25) is 14.2 Å². The Morgan fingerprint density at radius 3 is 2.30 bits per heavy atom. The molecule has 5 aromatic rings. The zero-order chi connectivity index (χ0) is 22.8. The van der Waals surface area contributed by atoms with Crippen LogP contribution in [0.3, 0.4) is 0 Å². The second-order valence-electron chi connectivity index (χ2n) is 7.28. The Kier molecular flexibility index (Phi) is 6.13. The molecule has 2 heterocycles. The number of carbonyl (C=O) groups excluding carboxylic acids is 1. The van der Waals surface area contributed by atoms with Gasteiger partial charge in [0.15, 0.2) is 10.9 Å². The summed E-state index contributed by atoms with van der Waals surface area (Å²) >= 11 is 8.63. The average molecular weight is 489 g/mol. The van der Waals surface area contributed by atoms with E-state index in [4.69, 9.17) is 16.6 Å². The summed E-state index contributed by atoms with van der Waals surface area (Å²) in [6, 6.07) is 26.0. The molecule has 33 heavy (non-hydrogen) atoms. The van der Waals surface area contributed by atoms with Crippen LogP contribution >= 0.6 is 34.7 Å². The molecule has 3 aromatic carbocycles. The highest BCUT2D eigenvalue weighted by Crippen LogP contribution is 2.33. The van der Waals surface area contributed by atoms with Crippen LogP contribution in [0.15, 0.2) is 100 Å². The van der Waals surface area contributed by atoms with Crippen LogP contribution < -0.4 is 5.56 Å². The predicted molar refractivity (Wildman–Crippen MR) is 137 cm³/mol. The largest absolute Gasteiger partial charge is 0.293 e. The van der Waals surface area contributed by atoms with Gasteiger partial charge in [0.1, 0.15) is 4.83 Å². The van der Waals surface area contributed by atoms with Gasteiger partial charge in [0.25, 0.3) is 5.56 Å². The molecule has 0 N–H and O–H groups in total. The number of hydrogen-bond donors (Lipinski definition) is 0. The number of halogens is 1. The second kappa shape index (κ2) is 9.35. The van der Waals surface area contributed by atoms with Gasteiger partial charge in [-0.05, 0) is 42.0 Å². The van der Waals surface area contributed by atoms with Crippen LogP contribution in [0, 0.1) is 0 Å². The smallest absolute Gasteiger partial charge is 0.268 e. The zero-order valence-corrected chi connectivity index (χ0v) is 19.7. The average Bonchev–Trinajstić information content (AvgIpc) is 3.28. The molecule has 5 rings (SSSR count). The summed E-state index contributed by atoms with van der Waals surface area (Å²) in [5.74, 6) is 0.102. The molecule has 2 aromatic heterocycles. The molecule has 0 aliphatic heterocycles. The van der Waals surface area contributed by atoms with E-state index >= 15 is 0 Å². The van der Waals surface area contributed by atoms with Crippen LogP contribution in [0.4, 0.5) is 0 Å². The topological polar surface area (TPSA) is 52.0 Å². The number of thioether (sulfide) groups is 1. The first kappa shape index (κ1) is 21.6. The molecule has 0 aliphatic carbocycles.